The minimum Gasteiger partial charge on any atom is -0.368 e. The van der Waals surface area contributed by atoms with Gasteiger partial charge in [-0.3, -0.25) is 14.9 Å². The highest BCUT2D eigenvalue weighted by atomic mass is 32.1. The lowest BCUT2D eigenvalue weighted by Crippen LogP contribution is -2.48. The Balaban J connectivity index is 1.23. The van der Waals surface area contributed by atoms with Gasteiger partial charge in [0, 0.05) is 43.6 Å². The summed E-state index contributed by atoms with van der Waals surface area (Å²) in [6.07, 6.45) is 3.24. The normalized spacial score (nSPS) is 13.8. The number of thiocarbonyl (C=S) groups is 1. The molecule has 2 aromatic carbocycles. The standard InChI is InChI=1S/C28H30N4O2S2/c1-20(2)22-8-5-21(6-9-22)7-14-26(33)30-28(35)29-23-10-12-24(13-11-23)31-15-17-32(18-16-31)27(34)25-4-3-19-36-25/h3-14,19-20H,15-18H2,1-2H3,(H2,29,30,33,35)/b14-7+. The molecule has 4 rings (SSSR count). The lowest BCUT2D eigenvalue weighted by atomic mass is 10.0. The molecule has 1 aromatic heterocycles. The molecule has 0 unspecified atom stereocenters. The van der Waals surface area contributed by atoms with Crippen molar-refractivity contribution >= 4 is 57.9 Å². The van der Waals surface area contributed by atoms with Crippen molar-refractivity contribution in [1.29, 1.82) is 0 Å². The van der Waals surface area contributed by atoms with Crippen molar-refractivity contribution in [2.45, 2.75) is 19.8 Å². The first-order valence-electron chi connectivity index (χ1n) is 12.0. The van der Waals surface area contributed by atoms with Gasteiger partial charge in [-0.05, 0) is 71.1 Å². The van der Waals surface area contributed by atoms with Gasteiger partial charge in [0.25, 0.3) is 5.91 Å². The third-order valence-corrected chi connectivity index (χ3v) is 7.12. The second kappa shape index (κ2) is 12.0. The van der Waals surface area contributed by atoms with Crippen LogP contribution in [0.2, 0.25) is 0 Å². The van der Waals surface area contributed by atoms with Crippen LogP contribution in [0.1, 0.15) is 40.6 Å². The van der Waals surface area contributed by atoms with Crippen LogP contribution in [0.3, 0.4) is 0 Å². The van der Waals surface area contributed by atoms with Crippen molar-refractivity contribution in [3.05, 3.63) is 88.1 Å². The van der Waals surface area contributed by atoms with Crippen LogP contribution in [0.4, 0.5) is 11.4 Å². The van der Waals surface area contributed by atoms with E-state index in [4.69, 9.17) is 12.2 Å². The molecule has 36 heavy (non-hydrogen) atoms. The molecule has 1 fully saturated rings. The van der Waals surface area contributed by atoms with Gasteiger partial charge in [-0.1, -0.05) is 44.2 Å². The van der Waals surface area contributed by atoms with E-state index in [1.807, 2.05) is 58.8 Å². The number of carbonyl (C=O) groups excluding carboxylic acids is 2. The van der Waals surface area contributed by atoms with Crippen molar-refractivity contribution < 1.29 is 9.59 Å². The molecule has 0 aliphatic carbocycles. The quantitative estimate of drug-likeness (QED) is 0.340. The van der Waals surface area contributed by atoms with E-state index < -0.39 is 0 Å². The third-order valence-electron chi connectivity index (χ3n) is 6.06. The molecule has 2 heterocycles. The molecule has 0 atom stereocenters. The predicted octanol–water partition coefficient (Wildman–Crippen LogP) is 5.36. The van der Waals surface area contributed by atoms with Crippen LogP contribution in [-0.4, -0.2) is 48.0 Å². The van der Waals surface area contributed by atoms with E-state index in [0.717, 1.165) is 34.9 Å². The highest BCUT2D eigenvalue weighted by molar-refractivity contribution is 7.80. The maximum atomic E-state index is 12.5. The Morgan fingerprint density at radius 1 is 0.972 bits per heavy atom. The van der Waals surface area contributed by atoms with E-state index in [1.165, 1.54) is 23.0 Å². The molecule has 1 aliphatic rings. The van der Waals surface area contributed by atoms with Crippen molar-refractivity contribution in [2.24, 2.45) is 0 Å². The topological polar surface area (TPSA) is 64.7 Å². The summed E-state index contributed by atoms with van der Waals surface area (Å²) in [6.45, 7) is 7.26. The predicted molar refractivity (Wildman–Crippen MR) is 153 cm³/mol. The summed E-state index contributed by atoms with van der Waals surface area (Å²) in [6, 6.07) is 19.8. The van der Waals surface area contributed by atoms with Crippen molar-refractivity contribution in [1.82, 2.24) is 10.2 Å². The highest BCUT2D eigenvalue weighted by Gasteiger charge is 2.22. The van der Waals surface area contributed by atoms with Crippen LogP contribution in [-0.2, 0) is 4.79 Å². The fraction of sp³-hybridized carbons (Fsp3) is 0.250. The molecule has 0 saturated carbocycles. The zero-order valence-electron chi connectivity index (χ0n) is 20.4. The summed E-state index contributed by atoms with van der Waals surface area (Å²) in [7, 11) is 0. The Morgan fingerprint density at radius 3 is 2.28 bits per heavy atom. The lowest BCUT2D eigenvalue weighted by Gasteiger charge is -2.36. The minimum absolute atomic E-state index is 0.110. The zero-order chi connectivity index (χ0) is 25.5. The van der Waals surface area contributed by atoms with E-state index in [2.05, 4.69) is 41.5 Å². The van der Waals surface area contributed by atoms with Gasteiger partial charge in [0.1, 0.15) is 0 Å². The molecule has 6 nitrogen and oxygen atoms in total. The van der Waals surface area contributed by atoms with Gasteiger partial charge in [-0.15, -0.1) is 11.3 Å². The van der Waals surface area contributed by atoms with Crippen LogP contribution in [0, 0.1) is 0 Å². The summed E-state index contributed by atoms with van der Waals surface area (Å²) >= 11 is 6.78. The van der Waals surface area contributed by atoms with Crippen molar-refractivity contribution in [2.75, 3.05) is 36.4 Å². The van der Waals surface area contributed by atoms with Crippen LogP contribution < -0.4 is 15.5 Å². The van der Waals surface area contributed by atoms with Crippen LogP contribution in [0.5, 0.6) is 0 Å². The molecule has 3 aromatic rings. The first kappa shape index (κ1) is 25.6. The summed E-state index contributed by atoms with van der Waals surface area (Å²) in [5.41, 5.74) is 4.11. The molecule has 2 amide bonds. The number of nitrogens with one attached hydrogen (secondary N) is 2. The number of carbonyl (C=O) groups is 2. The van der Waals surface area contributed by atoms with Gasteiger partial charge < -0.3 is 15.1 Å². The van der Waals surface area contributed by atoms with E-state index in [9.17, 15) is 9.59 Å². The minimum atomic E-state index is -0.285. The van der Waals surface area contributed by atoms with Crippen molar-refractivity contribution in [3.8, 4) is 0 Å². The second-order valence-electron chi connectivity index (χ2n) is 8.90. The Hall–Kier alpha value is -3.49. The van der Waals surface area contributed by atoms with Gasteiger partial charge in [-0.2, -0.15) is 0 Å². The van der Waals surface area contributed by atoms with Crippen LogP contribution in [0.15, 0.2) is 72.1 Å². The van der Waals surface area contributed by atoms with Gasteiger partial charge >= 0.3 is 0 Å². The highest BCUT2D eigenvalue weighted by Crippen LogP contribution is 2.21. The van der Waals surface area contributed by atoms with Crippen LogP contribution >= 0.6 is 23.6 Å². The molecule has 186 valence electrons. The van der Waals surface area contributed by atoms with Crippen molar-refractivity contribution in [3.63, 3.8) is 0 Å². The van der Waals surface area contributed by atoms with E-state index in [0.29, 0.717) is 19.0 Å². The summed E-state index contributed by atoms with van der Waals surface area (Å²) < 4.78 is 0. The number of rotatable bonds is 6. The number of hydrogen-bond acceptors (Lipinski definition) is 5. The number of piperazine rings is 1. The Bertz CT molecular complexity index is 1210. The number of thiophene rings is 1. The monoisotopic (exact) mass is 518 g/mol. The van der Waals surface area contributed by atoms with E-state index >= 15 is 0 Å². The first-order valence-corrected chi connectivity index (χ1v) is 13.3. The largest absolute Gasteiger partial charge is 0.368 e. The lowest BCUT2D eigenvalue weighted by molar-refractivity contribution is -0.115. The smallest absolute Gasteiger partial charge is 0.264 e. The number of hydrogen-bond donors (Lipinski definition) is 2. The Labute approximate surface area is 221 Å². The average Bonchev–Trinajstić information content (AvgIpc) is 3.43. The summed E-state index contributed by atoms with van der Waals surface area (Å²) in [5, 5.41) is 7.91. The average molecular weight is 519 g/mol. The second-order valence-corrected chi connectivity index (χ2v) is 10.3. The molecular formula is C28H30N4O2S2. The fourth-order valence-corrected chi connectivity index (χ4v) is 4.87. The van der Waals surface area contributed by atoms with Gasteiger partial charge in [0.15, 0.2) is 5.11 Å². The van der Waals surface area contributed by atoms with E-state index in [-0.39, 0.29) is 16.9 Å². The number of nitrogens with zero attached hydrogens (tertiary/aromatic N) is 2. The Kier molecular flexibility index (Phi) is 8.51. The zero-order valence-corrected chi connectivity index (χ0v) is 22.1. The summed E-state index contributed by atoms with van der Waals surface area (Å²) in [5.74, 6) is 0.298. The Morgan fingerprint density at radius 2 is 1.67 bits per heavy atom. The maximum absolute atomic E-state index is 12.5. The summed E-state index contributed by atoms with van der Waals surface area (Å²) in [4.78, 5) is 29.7. The first-order chi connectivity index (χ1) is 17.4. The fourth-order valence-electron chi connectivity index (χ4n) is 3.96. The maximum Gasteiger partial charge on any atom is 0.264 e. The molecule has 0 spiro atoms. The molecule has 0 bridgehead atoms. The molecule has 8 heteroatoms. The van der Waals surface area contributed by atoms with E-state index in [1.54, 1.807) is 6.08 Å². The molecule has 1 saturated heterocycles. The molecular weight excluding hydrogens is 488 g/mol. The van der Waals surface area contributed by atoms with Gasteiger partial charge in [-0.25, -0.2) is 0 Å². The number of anilines is 2. The SMILES string of the molecule is CC(C)c1ccc(/C=C/C(=O)NC(=S)Nc2ccc(N3CCN(C(=O)c4cccs4)CC3)cc2)cc1. The number of amides is 2. The van der Waals surface area contributed by atoms with Gasteiger partial charge in [0.2, 0.25) is 5.91 Å². The number of benzene rings is 2. The third kappa shape index (κ3) is 6.80. The molecule has 1 aliphatic heterocycles. The van der Waals surface area contributed by atoms with Crippen LogP contribution in [0.25, 0.3) is 6.08 Å². The van der Waals surface area contributed by atoms with Gasteiger partial charge in [0.05, 0.1) is 4.88 Å². The molecule has 2 N–H and O–H groups in total. The molecule has 0 radical (unpaired) electrons.